The Morgan fingerprint density at radius 1 is 1.04 bits per heavy atom. The average Bonchev–Trinajstić information content (AvgIpc) is 2.66. The number of carbonyl (C=O) groups is 3. The molecule has 2 rings (SSSR count). The van der Waals surface area contributed by atoms with E-state index in [1.165, 1.54) is 42.5 Å². The van der Waals surface area contributed by atoms with E-state index in [2.05, 4.69) is 0 Å². The summed E-state index contributed by atoms with van der Waals surface area (Å²) in [5.41, 5.74) is 1.28. The molecule has 0 aliphatic heterocycles. The minimum absolute atomic E-state index is 0.0590. The lowest BCUT2D eigenvalue weighted by Gasteiger charge is -2.07. The Labute approximate surface area is 156 Å². The monoisotopic (exact) mass is 370 g/mol. The third-order valence-electron chi connectivity index (χ3n) is 3.82. The molecule has 0 unspecified atom stereocenters. The first kappa shape index (κ1) is 20.0. The number of halogens is 1. The van der Waals surface area contributed by atoms with Gasteiger partial charge in [-0.15, -0.1) is 0 Å². The zero-order valence-corrected chi connectivity index (χ0v) is 14.8. The summed E-state index contributed by atoms with van der Waals surface area (Å²) < 4.78 is 17.9. The van der Waals surface area contributed by atoms with Crippen molar-refractivity contribution in [2.45, 2.75) is 19.8 Å². The fourth-order valence-electron chi connectivity index (χ4n) is 2.39. The number of carbonyl (C=O) groups excluding carboxylic acids is 2. The van der Waals surface area contributed by atoms with Gasteiger partial charge in [0.2, 0.25) is 0 Å². The Hall–Kier alpha value is -3.28. The zero-order chi connectivity index (χ0) is 19.8. The lowest BCUT2D eigenvalue weighted by Crippen LogP contribution is -2.16. The molecule has 0 heterocycles. The minimum Gasteiger partial charge on any atom is -0.478 e. The van der Waals surface area contributed by atoms with E-state index in [9.17, 15) is 18.8 Å². The topological polar surface area (TPSA) is 80.7 Å². The van der Waals surface area contributed by atoms with Crippen molar-refractivity contribution in [3.8, 4) is 0 Å². The van der Waals surface area contributed by atoms with Gasteiger partial charge in [0.1, 0.15) is 11.4 Å². The molecular weight excluding hydrogens is 351 g/mol. The first-order chi connectivity index (χ1) is 12.9. The van der Waals surface area contributed by atoms with Gasteiger partial charge in [0.05, 0.1) is 12.2 Å². The van der Waals surface area contributed by atoms with E-state index in [1.54, 1.807) is 19.1 Å². The highest BCUT2D eigenvalue weighted by molar-refractivity contribution is 6.20. The van der Waals surface area contributed by atoms with Gasteiger partial charge in [0, 0.05) is 6.42 Å². The largest absolute Gasteiger partial charge is 0.478 e. The van der Waals surface area contributed by atoms with Crippen LogP contribution in [0.15, 0.2) is 54.1 Å². The van der Waals surface area contributed by atoms with Crippen LogP contribution >= 0.6 is 0 Å². The molecule has 5 nitrogen and oxygen atoms in total. The molecule has 0 aliphatic carbocycles. The Bertz CT molecular complexity index is 851. The first-order valence-electron chi connectivity index (χ1n) is 8.40. The van der Waals surface area contributed by atoms with Gasteiger partial charge in [0.25, 0.3) is 0 Å². The van der Waals surface area contributed by atoms with Crippen molar-refractivity contribution in [3.63, 3.8) is 0 Å². The molecule has 2 aromatic rings. The summed E-state index contributed by atoms with van der Waals surface area (Å²) in [5, 5.41) is 8.93. The van der Waals surface area contributed by atoms with Gasteiger partial charge in [-0.2, -0.15) is 0 Å². The van der Waals surface area contributed by atoms with Crippen molar-refractivity contribution >= 4 is 23.8 Å². The van der Waals surface area contributed by atoms with E-state index >= 15 is 0 Å². The van der Waals surface area contributed by atoms with Crippen LogP contribution in [0.4, 0.5) is 4.39 Å². The molecule has 0 aromatic heterocycles. The van der Waals surface area contributed by atoms with Gasteiger partial charge in [0.15, 0.2) is 5.78 Å². The molecule has 0 aliphatic rings. The van der Waals surface area contributed by atoms with Crippen LogP contribution in [0.2, 0.25) is 0 Å². The number of hydrogen-bond donors (Lipinski definition) is 1. The van der Waals surface area contributed by atoms with Crippen molar-refractivity contribution in [1.82, 2.24) is 0 Å². The second-order valence-electron chi connectivity index (χ2n) is 5.76. The van der Waals surface area contributed by atoms with Crippen molar-refractivity contribution in [1.29, 1.82) is 0 Å². The fraction of sp³-hybridized carbons (Fsp3) is 0.190. The van der Waals surface area contributed by atoms with Crippen LogP contribution in [0.1, 0.15) is 34.8 Å². The molecule has 0 fully saturated rings. The van der Waals surface area contributed by atoms with Crippen molar-refractivity contribution in [2.75, 3.05) is 6.61 Å². The summed E-state index contributed by atoms with van der Waals surface area (Å²) in [6, 6.07) is 11.6. The van der Waals surface area contributed by atoms with E-state index in [0.717, 1.165) is 5.56 Å². The van der Waals surface area contributed by atoms with Crippen molar-refractivity contribution in [3.05, 3.63) is 76.6 Å². The van der Waals surface area contributed by atoms with Gasteiger partial charge in [-0.3, -0.25) is 4.79 Å². The predicted octanol–water partition coefficient (Wildman–Crippen LogP) is 3.67. The summed E-state index contributed by atoms with van der Waals surface area (Å²) in [6.07, 6.45) is 1.80. The van der Waals surface area contributed by atoms with Crippen molar-refractivity contribution < 1.29 is 28.6 Å². The van der Waals surface area contributed by atoms with Crippen LogP contribution in [0.5, 0.6) is 0 Å². The molecule has 2 aromatic carbocycles. The van der Waals surface area contributed by atoms with Gasteiger partial charge in [-0.1, -0.05) is 24.3 Å². The van der Waals surface area contributed by atoms with Gasteiger partial charge in [-0.25, -0.2) is 14.0 Å². The van der Waals surface area contributed by atoms with Crippen LogP contribution in [0.3, 0.4) is 0 Å². The highest BCUT2D eigenvalue weighted by Gasteiger charge is 2.19. The van der Waals surface area contributed by atoms with Crippen LogP contribution in [-0.4, -0.2) is 29.4 Å². The molecule has 27 heavy (non-hydrogen) atoms. The lowest BCUT2D eigenvalue weighted by atomic mass is 10.0. The first-order valence-corrected chi connectivity index (χ1v) is 8.40. The van der Waals surface area contributed by atoms with Crippen LogP contribution in [-0.2, 0) is 20.7 Å². The van der Waals surface area contributed by atoms with Crippen molar-refractivity contribution in [2.24, 2.45) is 0 Å². The summed E-state index contributed by atoms with van der Waals surface area (Å²) in [7, 11) is 0. The van der Waals surface area contributed by atoms with Crippen LogP contribution < -0.4 is 0 Å². The quantitative estimate of drug-likeness (QED) is 0.332. The van der Waals surface area contributed by atoms with Gasteiger partial charge in [-0.05, 0) is 54.8 Å². The highest BCUT2D eigenvalue weighted by Crippen LogP contribution is 2.15. The predicted molar refractivity (Wildman–Crippen MR) is 97.7 cm³/mol. The number of Topliss-reactive ketones (excluding diaryl/α,β-unsaturated/α-hetero) is 1. The Morgan fingerprint density at radius 2 is 1.67 bits per heavy atom. The molecule has 0 radical (unpaired) electrons. The van der Waals surface area contributed by atoms with Crippen LogP contribution in [0.25, 0.3) is 6.08 Å². The lowest BCUT2D eigenvalue weighted by molar-refractivity contribution is -0.139. The Balaban J connectivity index is 2.19. The Morgan fingerprint density at radius 3 is 2.22 bits per heavy atom. The molecule has 0 amide bonds. The summed E-state index contributed by atoms with van der Waals surface area (Å²) in [4.78, 5) is 35.6. The van der Waals surface area contributed by atoms with E-state index in [-0.39, 0.29) is 30.0 Å². The van der Waals surface area contributed by atoms with Crippen LogP contribution in [0, 0.1) is 5.82 Å². The molecule has 140 valence electrons. The van der Waals surface area contributed by atoms with E-state index in [4.69, 9.17) is 9.84 Å². The molecular formula is C21H19FO5. The molecule has 0 saturated carbocycles. The maximum Gasteiger partial charge on any atom is 0.341 e. The minimum atomic E-state index is -1.06. The second-order valence-corrected chi connectivity index (χ2v) is 5.76. The molecule has 0 spiro atoms. The van der Waals surface area contributed by atoms with E-state index in [1.807, 2.05) is 0 Å². The SMILES string of the molecule is CCOC(=O)/C(=C\c1ccc(C(=O)O)cc1)C(=O)CCc1ccc(F)cc1. The number of carboxylic acid groups (broad SMARTS) is 1. The summed E-state index contributed by atoms with van der Waals surface area (Å²) in [6.45, 7) is 1.76. The number of ether oxygens (including phenoxy) is 1. The number of esters is 1. The number of carboxylic acids is 1. The molecule has 1 N–H and O–H groups in total. The Kier molecular flexibility index (Phi) is 7.00. The zero-order valence-electron chi connectivity index (χ0n) is 14.8. The third kappa shape index (κ3) is 5.88. The summed E-state index contributed by atoms with van der Waals surface area (Å²) >= 11 is 0. The van der Waals surface area contributed by atoms with Gasteiger partial charge < -0.3 is 9.84 Å². The third-order valence-corrected chi connectivity index (χ3v) is 3.82. The van der Waals surface area contributed by atoms with E-state index in [0.29, 0.717) is 12.0 Å². The summed E-state index contributed by atoms with van der Waals surface area (Å²) in [5.74, 6) is -2.56. The smallest absolute Gasteiger partial charge is 0.341 e. The number of aromatic carboxylic acids is 1. The number of hydrogen-bond acceptors (Lipinski definition) is 4. The van der Waals surface area contributed by atoms with Gasteiger partial charge >= 0.3 is 11.9 Å². The average molecular weight is 370 g/mol. The standard InChI is InChI=1S/C21H19FO5/c1-2-27-21(26)18(13-15-3-8-16(9-4-15)20(24)25)19(23)12-7-14-5-10-17(22)11-6-14/h3-6,8-11,13H,2,7,12H2,1H3,(H,24,25)/b18-13-. The number of benzene rings is 2. The number of ketones is 1. The maximum atomic E-state index is 13.0. The van der Waals surface area contributed by atoms with E-state index < -0.39 is 17.7 Å². The normalized spacial score (nSPS) is 11.1. The number of aryl methyl sites for hydroxylation is 1. The highest BCUT2D eigenvalue weighted by atomic mass is 19.1. The maximum absolute atomic E-state index is 13.0. The second kappa shape index (κ2) is 9.43. The molecule has 0 saturated heterocycles. The fourth-order valence-corrected chi connectivity index (χ4v) is 2.39. The number of rotatable bonds is 8. The molecule has 6 heteroatoms. The molecule has 0 bridgehead atoms. The molecule has 0 atom stereocenters.